The van der Waals surface area contributed by atoms with Gasteiger partial charge >= 0.3 is 36.4 Å². The van der Waals surface area contributed by atoms with Gasteiger partial charge in [0.2, 0.25) is 5.95 Å². The van der Waals surface area contributed by atoms with E-state index in [2.05, 4.69) is 35.5 Å². The maximum Gasteiger partial charge on any atom is 0.490 e. The number of halogens is 10. The molecule has 16 nitrogen and oxygen atoms in total. The number of aliphatic carboxylic acids is 3. The lowest BCUT2D eigenvalue weighted by molar-refractivity contribution is -0.193. The minimum absolute atomic E-state index is 0.0224. The first-order valence-electron chi connectivity index (χ1n) is 16.5. The van der Waals surface area contributed by atoms with Crippen LogP contribution in [0.2, 0.25) is 5.02 Å². The molecular formula is C34H30ClF9N8O8. The molecule has 324 valence electrons. The van der Waals surface area contributed by atoms with Gasteiger partial charge in [0.1, 0.15) is 16.6 Å². The maximum absolute atomic E-state index is 13.0. The number of carbonyl (C=O) groups excluding carboxylic acids is 1. The van der Waals surface area contributed by atoms with E-state index in [1.165, 1.54) is 0 Å². The van der Waals surface area contributed by atoms with Gasteiger partial charge in [0.15, 0.2) is 12.4 Å². The largest absolute Gasteiger partial charge is 0.490 e. The van der Waals surface area contributed by atoms with Gasteiger partial charge in [-0.3, -0.25) is 9.78 Å². The van der Waals surface area contributed by atoms with Crippen molar-refractivity contribution in [2.75, 3.05) is 48.3 Å². The fourth-order valence-corrected chi connectivity index (χ4v) is 4.84. The number of pyridine rings is 2. The second-order valence-electron chi connectivity index (χ2n) is 11.8. The van der Waals surface area contributed by atoms with E-state index >= 15 is 0 Å². The SMILES string of the molecule is O=C(COc1ccc2cc1CCc1cncc(c1)Nc1ncc(Cl)c(n1)N2)N1CCN(c2ccccn2)CC1.O=C(O)C(F)(F)F.O=C(O)C(F)(F)F.O=C(O)C(F)(F)F. The number of benzene rings is 1. The van der Waals surface area contributed by atoms with Crippen molar-refractivity contribution in [1.29, 1.82) is 0 Å². The Kier molecular flexibility index (Phi) is 16.6. The lowest BCUT2D eigenvalue weighted by atomic mass is 10.0. The first-order chi connectivity index (χ1) is 27.9. The predicted molar refractivity (Wildman–Crippen MR) is 191 cm³/mol. The third-order valence-electron chi connectivity index (χ3n) is 7.49. The van der Waals surface area contributed by atoms with Crippen LogP contribution in [0.3, 0.4) is 0 Å². The summed E-state index contributed by atoms with van der Waals surface area (Å²) in [6.07, 6.45) is -6.90. The number of carboxylic acid groups (broad SMARTS) is 3. The summed E-state index contributed by atoms with van der Waals surface area (Å²) in [4.78, 5) is 61.3. The van der Waals surface area contributed by atoms with Crippen LogP contribution in [0.1, 0.15) is 11.1 Å². The van der Waals surface area contributed by atoms with E-state index in [0.717, 1.165) is 47.8 Å². The Morgan fingerprint density at radius 3 is 1.88 bits per heavy atom. The van der Waals surface area contributed by atoms with Crippen molar-refractivity contribution < 1.29 is 78.7 Å². The van der Waals surface area contributed by atoms with Crippen molar-refractivity contribution in [3.05, 3.63) is 83.4 Å². The zero-order chi connectivity index (χ0) is 44.8. The Morgan fingerprint density at radius 1 is 0.733 bits per heavy atom. The highest BCUT2D eigenvalue weighted by Crippen LogP contribution is 2.30. The number of anilines is 5. The molecule has 0 saturated carbocycles. The normalized spacial score (nSPS) is 13.5. The van der Waals surface area contributed by atoms with Gasteiger partial charge in [-0.15, -0.1) is 0 Å². The first kappa shape index (κ1) is 47.7. The lowest BCUT2D eigenvalue weighted by Crippen LogP contribution is -2.50. The Hall–Kier alpha value is -6.66. The van der Waals surface area contributed by atoms with Crippen LogP contribution >= 0.6 is 11.6 Å². The third-order valence-corrected chi connectivity index (χ3v) is 7.76. The number of hydrogen-bond donors (Lipinski definition) is 5. The Balaban J connectivity index is 0.000000377. The van der Waals surface area contributed by atoms with E-state index in [9.17, 15) is 44.3 Å². The van der Waals surface area contributed by atoms with Crippen LogP contribution in [0.4, 0.5) is 68.5 Å². The van der Waals surface area contributed by atoms with Crippen LogP contribution in [0.15, 0.2) is 67.3 Å². The highest BCUT2D eigenvalue weighted by Gasteiger charge is 2.39. The molecule has 6 bridgehead atoms. The molecule has 1 aromatic carbocycles. The standard InChI is InChI=1S/C28H27ClN8O2.3C2HF3O2/c29-23-17-32-28-34-22-13-19(15-30-16-22)4-5-20-14-21(33-27(23)35-28)6-7-24(20)39-18-26(38)37-11-9-36(10-12-37)25-3-1-2-8-31-25;3*3-2(4,5)1(6)7/h1-3,6-8,13-17H,4-5,9-12,18H2,(H2,32,33,34,35);3*(H,6,7). The van der Waals surface area contributed by atoms with Crippen LogP contribution in [0, 0.1) is 0 Å². The summed E-state index contributed by atoms with van der Waals surface area (Å²) < 4.78 is 101. The fourth-order valence-electron chi connectivity index (χ4n) is 4.70. The van der Waals surface area contributed by atoms with Crippen molar-refractivity contribution in [2.24, 2.45) is 0 Å². The molecule has 4 aromatic rings. The van der Waals surface area contributed by atoms with Crippen LogP contribution < -0.4 is 20.3 Å². The molecule has 0 spiro atoms. The Morgan fingerprint density at radius 2 is 1.33 bits per heavy atom. The molecule has 1 fully saturated rings. The molecule has 3 aromatic heterocycles. The number of hydrogen-bond acceptors (Lipinski definition) is 12. The summed E-state index contributed by atoms with van der Waals surface area (Å²) in [7, 11) is 0. The first-order valence-corrected chi connectivity index (χ1v) is 16.9. The minimum atomic E-state index is -5.08. The zero-order valence-electron chi connectivity index (χ0n) is 30.1. The predicted octanol–water partition coefficient (Wildman–Crippen LogP) is 6.13. The number of amides is 1. The number of aromatic nitrogens is 4. The fraction of sp³-hybridized carbons (Fsp3) is 0.294. The highest BCUT2D eigenvalue weighted by molar-refractivity contribution is 6.32. The van der Waals surface area contributed by atoms with E-state index in [0.29, 0.717) is 42.0 Å². The quantitative estimate of drug-likeness (QED) is 0.146. The van der Waals surface area contributed by atoms with Crippen molar-refractivity contribution >= 4 is 64.4 Å². The highest BCUT2D eigenvalue weighted by atomic mass is 35.5. The molecule has 0 unspecified atom stereocenters. The Bertz CT molecular complexity index is 2050. The minimum Gasteiger partial charge on any atom is -0.483 e. The molecule has 0 atom stereocenters. The number of carbonyl (C=O) groups is 4. The molecule has 5 heterocycles. The van der Waals surface area contributed by atoms with Crippen LogP contribution in [-0.2, 0) is 32.0 Å². The molecule has 1 amide bonds. The van der Waals surface area contributed by atoms with Gasteiger partial charge in [-0.2, -0.15) is 44.5 Å². The van der Waals surface area contributed by atoms with Gasteiger partial charge in [-0.1, -0.05) is 17.7 Å². The van der Waals surface area contributed by atoms with E-state index < -0.39 is 36.4 Å². The third kappa shape index (κ3) is 15.6. The van der Waals surface area contributed by atoms with Gasteiger partial charge in [0.25, 0.3) is 5.91 Å². The van der Waals surface area contributed by atoms with Gasteiger partial charge in [0, 0.05) is 44.3 Å². The van der Waals surface area contributed by atoms with Gasteiger partial charge in [-0.25, -0.2) is 24.4 Å². The summed E-state index contributed by atoms with van der Waals surface area (Å²) in [5, 5.41) is 28.2. The van der Waals surface area contributed by atoms with Gasteiger partial charge in [-0.05, 0) is 60.4 Å². The molecule has 26 heteroatoms. The second-order valence-corrected chi connectivity index (χ2v) is 12.2. The summed E-state index contributed by atoms with van der Waals surface area (Å²) in [5.41, 5.74) is 3.62. The average Bonchev–Trinajstić information content (AvgIpc) is 3.18. The molecule has 1 saturated heterocycles. The molecule has 2 aliphatic rings. The number of nitrogens with one attached hydrogen (secondary N) is 2. The molecule has 0 radical (unpaired) electrons. The summed E-state index contributed by atoms with van der Waals surface area (Å²) in [6.45, 7) is 2.72. The maximum atomic E-state index is 13.0. The van der Waals surface area contributed by atoms with Crippen LogP contribution in [-0.4, -0.2) is 115 Å². The van der Waals surface area contributed by atoms with E-state index in [-0.39, 0.29) is 12.5 Å². The van der Waals surface area contributed by atoms with Crippen molar-refractivity contribution in [1.82, 2.24) is 24.8 Å². The molecule has 2 aliphatic heterocycles. The monoisotopic (exact) mass is 884 g/mol. The average molecular weight is 885 g/mol. The smallest absolute Gasteiger partial charge is 0.483 e. The summed E-state index contributed by atoms with van der Waals surface area (Å²) >= 11 is 6.37. The van der Waals surface area contributed by atoms with E-state index in [4.69, 9.17) is 46.0 Å². The van der Waals surface area contributed by atoms with Crippen molar-refractivity contribution in [3.63, 3.8) is 0 Å². The molecule has 60 heavy (non-hydrogen) atoms. The van der Waals surface area contributed by atoms with Crippen LogP contribution in [0.5, 0.6) is 5.75 Å². The van der Waals surface area contributed by atoms with E-state index in [1.54, 1.807) is 18.6 Å². The van der Waals surface area contributed by atoms with E-state index in [1.807, 2.05) is 53.6 Å². The molecular weight excluding hydrogens is 855 g/mol. The zero-order valence-corrected chi connectivity index (χ0v) is 30.9. The Labute approximate surface area is 336 Å². The summed E-state index contributed by atoms with van der Waals surface area (Å²) in [5.74, 6) is -5.79. The molecule has 0 aliphatic carbocycles. The van der Waals surface area contributed by atoms with Crippen LogP contribution in [0.25, 0.3) is 0 Å². The van der Waals surface area contributed by atoms with Crippen molar-refractivity contribution in [2.45, 2.75) is 31.4 Å². The number of carboxylic acids is 3. The number of alkyl halides is 9. The number of fused-ring (bicyclic) bond motifs is 6. The van der Waals surface area contributed by atoms with Crippen molar-refractivity contribution in [3.8, 4) is 5.75 Å². The molecule has 5 N–H and O–H groups in total. The van der Waals surface area contributed by atoms with Gasteiger partial charge < -0.3 is 40.5 Å². The molecule has 6 rings (SSSR count). The topological polar surface area (TPSA) is 220 Å². The second kappa shape index (κ2) is 20.9. The van der Waals surface area contributed by atoms with Gasteiger partial charge in [0.05, 0.1) is 18.1 Å². The number of ether oxygens (including phenoxy) is 1. The summed E-state index contributed by atoms with van der Waals surface area (Å²) in [6, 6.07) is 13.7. The number of aryl methyl sites for hydroxylation is 2. The lowest BCUT2D eigenvalue weighted by Gasteiger charge is -2.35. The number of nitrogens with zero attached hydrogens (tertiary/aromatic N) is 6. The number of rotatable bonds is 4. The number of piperazine rings is 1.